The Bertz CT molecular complexity index is 401. The normalized spacial score (nSPS) is 12.9. The summed E-state index contributed by atoms with van der Waals surface area (Å²) in [6.07, 6.45) is 7.00. The Balaban J connectivity index is 2.19. The van der Waals surface area contributed by atoms with Crippen LogP contribution in [0.5, 0.6) is 0 Å². The zero-order chi connectivity index (χ0) is 13.6. The maximum absolute atomic E-state index is 8.67. The average Bonchev–Trinajstić information content (AvgIpc) is 2.73. The number of hydrogen-bond acceptors (Lipinski definition) is 4. The molecular weight excluding hydrogens is 248 g/mol. The maximum atomic E-state index is 8.67. The molecule has 18 heavy (non-hydrogen) atoms. The van der Waals surface area contributed by atoms with Gasteiger partial charge in [0.05, 0.1) is 6.20 Å². The molecule has 6 heteroatoms. The molecule has 102 valence electrons. The van der Waals surface area contributed by atoms with Gasteiger partial charge in [-0.3, -0.25) is 4.68 Å². The summed E-state index contributed by atoms with van der Waals surface area (Å²) in [5, 5.41) is 15.9. The Morgan fingerprint density at radius 3 is 2.83 bits per heavy atom. The zero-order valence-corrected chi connectivity index (χ0v) is 12.1. The van der Waals surface area contributed by atoms with Gasteiger partial charge in [-0.2, -0.15) is 5.10 Å². The molecule has 0 amide bonds. The molecular formula is C12H22N4OS. The van der Waals surface area contributed by atoms with Gasteiger partial charge in [0, 0.05) is 23.6 Å². The molecule has 0 bridgehead atoms. The van der Waals surface area contributed by atoms with Crippen LogP contribution >= 0.6 is 11.8 Å². The summed E-state index contributed by atoms with van der Waals surface area (Å²) in [4.78, 5) is 1.20. The standard InChI is InChI=1S/C12H22N4OS/c1-12(2,11(13)15-17)6-4-5-7-18-10-8-14-16(3)9-10/h8-9,17H,4-7H2,1-3H3,(H2,13,15). The van der Waals surface area contributed by atoms with Crippen LogP contribution in [-0.2, 0) is 7.05 Å². The van der Waals surface area contributed by atoms with Gasteiger partial charge in [-0.05, 0) is 18.6 Å². The number of hydrogen-bond donors (Lipinski definition) is 2. The number of aryl methyl sites for hydroxylation is 1. The smallest absolute Gasteiger partial charge is 0.144 e. The van der Waals surface area contributed by atoms with E-state index in [2.05, 4.69) is 10.3 Å². The van der Waals surface area contributed by atoms with Crippen molar-refractivity contribution in [3.05, 3.63) is 12.4 Å². The second-order valence-corrected chi connectivity index (χ2v) is 6.19. The first-order chi connectivity index (χ1) is 8.45. The van der Waals surface area contributed by atoms with Crippen molar-refractivity contribution in [2.45, 2.75) is 38.0 Å². The van der Waals surface area contributed by atoms with Crippen molar-refractivity contribution in [2.24, 2.45) is 23.4 Å². The van der Waals surface area contributed by atoms with Crippen molar-refractivity contribution in [1.29, 1.82) is 0 Å². The summed E-state index contributed by atoms with van der Waals surface area (Å²) in [5.74, 6) is 1.38. The number of rotatable bonds is 7. The highest BCUT2D eigenvalue weighted by Gasteiger charge is 2.22. The van der Waals surface area contributed by atoms with Crippen molar-refractivity contribution in [3.8, 4) is 0 Å². The van der Waals surface area contributed by atoms with E-state index in [9.17, 15) is 0 Å². The predicted octanol–water partition coefficient (Wildman–Crippen LogP) is 2.46. The fourth-order valence-corrected chi connectivity index (χ4v) is 2.53. The van der Waals surface area contributed by atoms with E-state index in [1.807, 2.05) is 49.7 Å². The van der Waals surface area contributed by atoms with Gasteiger partial charge >= 0.3 is 0 Å². The Morgan fingerprint density at radius 1 is 1.56 bits per heavy atom. The van der Waals surface area contributed by atoms with E-state index < -0.39 is 0 Å². The summed E-state index contributed by atoms with van der Waals surface area (Å²) in [7, 11) is 1.92. The molecule has 1 rings (SSSR count). The molecule has 1 heterocycles. The molecule has 0 unspecified atom stereocenters. The number of oxime groups is 1. The van der Waals surface area contributed by atoms with E-state index in [0.29, 0.717) is 5.84 Å². The van der Waals surface area contributed by atoms with Gasteiger partial charge in [-0.1, -0.05) is 25.4 Å². The van der Waals surface area contributed by atoms with Crippen molar-refractivity contribution in [1.82, 2.24) is 9.78 Å². The lowest BCUT2D eigenvalue weighted by atomic mass is 9.86. The molecule has 0 spiro atoms. The maximum Gasteiger partial charge on any atom is 0.144 e. The molecule has 0 aliphatic carbocycles. The van der Waals surface area contributed by atoms with E-state index in [-0.39, 0.29) is 5.41 Å². The third kappa shape index (κ3) is 4.60. The number of amidine groups is 1. The van der Waals surface area contributed by atoms with E-state index >= 15 is 0 Å². The largest absolute Gasteiger partial charge is 0.409 e. The summed E-state index contributed by atoms with van der Waals surface area (Å²) < 4.78 is 1.81. The third-order valence-electron chi connectivity index (χ3n) is 2.95. The van der Waals surface area contributed by atoms with Crippen LogP contribution in [-0.4, -0.2) is 26.6 Å². The highest BCUT2D eigenvalue weighted by molar-refractivity contribution is 7.99. The number of thioether (sulfide) groups is 1. The second-order valence-electron chi connectivity index (χ2n) is 5.02. The van der Waals surface area contributed by atoms with Crippen LogP contribution in [0, 0.1) is 5.41 Å². The number of unbranched alkanes of at least 4 members (excludes halogenated alkanes) is 1. The first kappa shape index (κ1) is 14.9. The molecule has 0 aromatic carbocycles. The fourth-order valence-electron chi connectivity index (χ4n) is 1.60. The first-order valence-corrected chi connectivity index (χ1v) is 7.04. The molecule has 5 nitrogen and oxygen atoms in total. The van der Waals surface area contributed by atoms with Crippen molar-refractivity contribution < 1.29 is 5.21 Å². The average molecular weight is 270 g/mol. The second kappa shape index (κ2) is 6.68. The monoisotopic (exact) mass is 270 g/mol. The van der Waals surface area contributed by atoms with Crippen LogP contribution in [0.3, 0.4) is 0 Å². The lowest BCUT2D eigenvalue weighted by molar-refractivity contribution is 0.304. The summed E-state index contributed by atoms with van der Waals surface area (Å²) >= 11 is 1.81. The third-order valence-corrected chi connectivity index (χ3v) is 3.98. The molecule has 0 fully saturated rings. The first-order valence-electron chi connectivity index (χ1n) is 6.05. The SMILES string of the molecule is Cn1cc(SCCCCC(C)(C)/C(N)=N/O)cn1. The Labute approximate surface area is 112 Å². The molecule has 1 aromatic heterocycles. The Hall–Kier alpha value is -1.17. The minimum absolute atomic E-state index is 0.228. The fraction of sp³-hybridized carbons (Fsp3) is 0.667. The predicted molar refractivity (Wildman–Crippen MR) is 75.0 cm³/mol. The van der Waals surface area contributed by atoms with Gasteiger partial charge in [0.2, 0.25) is 0 Å². The molecule has 0 saturated heterocycles. The quantitative estimate of drug-likeness (QED) is 0.199. The molecule has 1 aromatic rings. The van der Waals surface area contributed by atoms with Crippen LogP contribution in [0.25, 0.3) is 0 Å². The van der Waals surface area contributed by atoms with Gasteiger partial charge in [0.1, 0.15) is 5.84 Å². The summed E-state index contributed by atoms with van der Waals surface area (Å²) in [5.41, 5.74) is 5.41. The van der Waals surface area contributed by atoms with Crippen LogP contribution in [0.2, 0.25) is 0 Å². The summed E-state index contributed by atoms with van der Waals surface area (Å²) in [6.45, 7) is 3.99. The van der Waals surface area contributed by atoms with E-state index in [4.69, 9.17) is 10.9 Å². The minimum atomic E-state index is -0.228. The van der Waals surface area contributed by atoms with Crippen LogP contribution < -0.4 is 5.73 Å². The highest BCUT2D eigenvalue weighted by atomic mass is 32.2. The molecule has 0 saturated carbocycles. The van der Waals surface area contributed by atoms with Crippen LogP contribution in [0.15, 0.2) is 22.4 Å². The topological polar surface area (TPSA) is 76.4 Å². The number of nitrogens with two attached hydrogens (primary N) is 1. The van der Waals surface area contributed by atoms with Gasteiger partial charge in [0.25, 0.3) is 0 Å². The van der Waals surface area contributed by atoms with Gasteiger partial charge in [-0.15, -0.1) is 11.8 Å². The lowest BCUT2D eigenvalue weighted by Gasteiger charge is -2.22. The van der Waals surface area contributed by atoms with E-state index in [1.54, 1.807) is 0 Å². The highest BCUT2D eigenvalue weighted by Crippen LogP contribution is 2.25. The van der Waals surface area contributed by atoms with Gasteiger partial charge in [-0.25, -0.2) is 0 Å². The van der Waals surface area contributed by atoms with Gasteiger partial charge in [0.15, 0.2) is 0 Å². The molecule has 0 aliphatic heterocycles. The van der Waals surface area contributed by atoms with Crippen molar-refractivity contribution in [2.75, 3.05) is 5.75 Å². The number of nitrogens with zero attached hydrogens (tertiary/aromatic N) is 3. The van der Waals surface area contributed by atoms with Crippen LogP contribution in [0.1, 0.15) is 33.1 Å². The van der Waals surface area contributed by atoms with Crippen molar-refractivity contribution >= 4 is 17.6 Å². The molecule has 0 aliphatic rings. The number of aromatic nitrogens is 2. The Kier molecular flexibility index (Phi) is 5.53. The van der Waals surface area contributed by atoms with E-state index in [1.165, 1.54) is 4.90 Å². The van der Waals surface area contributed by atoms with E-state index in [0.717, 1.165) is 25.0 Å². The van der Waals surface area contributed by atoms with Crippen molar-refractivity contribution in [3.63, 3.8) is 0 Å². The lowest BCUT2D eigenvalue weighted by Crippen LogP contribution is -2.31. The van der Waals surface area contributed by atoms with Crippen LogP contribution in [0.4, 0.5) is 0 Å². The zero-order valence-electron chi connectivity index (χ0n) is 11.3. The molecule has 3 N–H and O–H groups in total. The van der Waals surface area contributed by atoms with Gasteiger partial charge < -0.3 is 10.9 Å². The minimum Gasteiger partial charge on any atom is -0.409 e. The molecule has 0 radical (unpaired) electrons. The molecule has 0 atom stereocenters. The summed E-state index contributed by atoms with van der Waals surface area (Å²) in [6, 6.07) is 0. The Morgan fingerprint density at radius 2 is 2.28 bits per heavy atom.